The first-order chi connectivity index (χ1) is 6.74. The van der Waals surface area contributed by atoms with E-state index in [9.17, 15) is 0 Å². The van der Waals surface area contributed by atoms with E-state index >= 15 is 0 Å². The molecule has 1 fully saturated rings. The van der Waals surface area contributed by atoms with Crippen molar-refractivity contribution in [1.82, 2.24) is 4.90 Å². The Morgan fingerprint density at radius 1 is 1.36 bits per heavy atom. The molecule has 0 spiro atoms. The quantitative estimate of drug-likeness (QED) is 0.628. The number of likely N-dealkylation sites (tertiary alicyclic amines) is 1. The summed E-state index contributed by atoms with van der Waals surface area (Å²) in [5.74, 6) is 0.878. The molecule has 0 aromatic rings. The van der Waals surface area contributed by atoms with Gasteiger partial charge in [-0.1, -0.05) is 27.2 Å². The summed E-state index contributed by atoms with van der Waals surface area (Å²) in [7, 11) is 0. The highest BCUT2D eigenvalue weighted by molar-refractivity contribution is 4.79. The molecule has 1 unspecified atom stereocenters. The van der Waals surface area contributed by atoms with E-state index in [4.69, 9.17) is 0 Å². The van der Waals surface area contributed by atoms with Crippen LogP contribution in [-0.4, -0.2) is 24.0 Å². The van der Waals surface area contributed by atoms with Gasteiger partial charge in [0.1, 0.15) is 0 Å². The van der Waals surface area contributed by atoms with Gasteiger partial charge >= 0.3 is 0 Å². The van der Waals surface area contributed by atoms with Gasteiger partial charge in [0, 0.05) is 6.04 Å². The van der Waals surface area contributed by atoms with Gasteiger partial charge in [0.15, 0.2) is 0 Å². The van der Waals surface area contributed by atoms with Gasteiger partial charge in [-0.2, -0.15) is 0 Å². The molecular formula is C13H27N. The number of hydrogen-bond donors (Lipinski definition) is 0. The van der Waals surface area contributed by atoms with Crippen molar-refractivity contribution in [2.45, 2.75) is 65.3 Å². The lowest BCUT2D eigenvalue weighted by molar-refractivity contribution is 0.230. The summed E-state index contributed by atoms with van der Waals surface area (Å²) in [6.07, 6.45) is 8.46. The fourth-order valence-electron chi connectivity index (χ4n) is 2.40. The summed E-state index contributed by atoms with van der Waals surface area (Å²) in [4.78, 5) is 2.73. The maximum Gasteiger partial charge on any atom is 0.00958 e. The summed E-state index contributed by atoms with van der Waals surface area (Å²) in [5.41, 5.74) is 0. The summed E-state index contributed by atoms with van der Waals surface area (Å²) in [5, 5.41) is 0. The summed E-state index contributed by atoms with van der Waals surface area (Å²) >= 11 is 0. The highest BCUT2D eigenvalue weighted by atomic mass is 15.2. The van der Waals surface area contributed by atoms with Crippen LogP contribution in [0.3, 0.4) is 0 Å². The average molecular weight is 197 g/mol. The van der Waals surface area contributed by atoms with E-state index < -0.39 is 0 Å². The van der Waals surface area contributed by atoms with Crippen LogP contribution >= 0.6 is 0 Å². The third-order valence-corrected chi connectivity index (χ3v) is 3.38. The molecule has 1 aliphatic rings. The highest BCUT2D eigenvalue weighted by Crippen LogP contribution is 2.23. The van der Waals surface area contributed by atoms with E-state index in [2.05, 4.69) is 25.7 Å². The van der Waals surface area contributed by atoms with Crippen LogP contribution in [0.25, 0.3) is 0 Å². The first-order valence-electron chi connectivity index (χ1n) is 6.48. The van der Waals surface area contributed by atoms with Crippen molar-refractivity contribution in [3.63, 3.8) is 0 Å². The van der Waals surface area contributed by atoms with Crippen molar-refractivity contribution in [1.29, 1.82) is 0 Å². The Morgan fingerprint density at radius 2 is 2.14 bits per heavy atom. The molecule has 0 aromatic heterocycles. The average Bonchev–Trinajstić information content (AvgIpc) is 2.58. The Kier molecular flexibility index (Phi) is 5.54. The predicted octanol–water partition coefficient (Wildman–Crippen LogP) is 3.69. The van der Waals surface area contributed by atoms with Crippen LogP contribution in [0.5, 0.6) is 0 Å². The second-order valence-electron chi connectivity index (χ2n) is 5.16. The Labute approximate surface area is 89.9 Å². The van der Waals surface area contributed by atoms with Crippen LogP contribution in [-0.2, 0) is 0 Å². The molecule has 1 saturated heterocycles. The first-order valence-corrected chi connectivity index (χ1v) is 6.48. The van der Waals surface area contributed by atoms with Crippen LogP contribution in [0, 0.1) is 5.92 Å². The van der Waals surface area contributed by atoms with Gasteiger partial charge in [-0.3, -0.25) is 0 Å². The molecule has 84 valence electrons. The lowest BCUT2D eigenvalue weighted by atomic mass is 10.0. The summed E-state index contributed by atoms with van der Waals surface area (Å²) in [6, 6.07) is 0.920. The fourth-order valence-corrected chi connectivity index (χ4v) is 2.40. The minimum atomic E-state index is 0.878. The molecular weight excluding hydrogens is 170 g/mol. The third-order valence-electron chi connectivity index (χ3n) is 3.38. The minimum absolute atomic E-state index is 0.878. The van der Waals surface area contributed by atoms with Crippen molar-refractivity contribution in [2.75, 3.05) is 13.1 Å². The van der Waals surface area contributed by atoms with Gasteiger partial charge in [0.05, 0.1) is 0 Å². The van der Waals surface area contributed by atoms with Crippen molar-refractivity contribution < 1.29 is 0 Å². The van der Waals surface area contributed by atoms with Gasteiger partial charge in [0.2, 0.25) is 0 Å². The first kappa shape index (κ1) is 12.0. The van der Waals surface area contributed by atoms with Gasteiger partial charge in [-0.05, 0) is 51.1 Å². The summed E-state index contributed by atoms with van der Waals surface area (Å²) in [6.45, 7) is 9.68. The second kappa shape index (κ2) is 6.44. The molecule has 14 heavy (non-hydrogen) atoms. The van der Waals surface area contributed by atoms with Gasteiger partial charge in [-0.15, -0.1) is 0 Å². The van der Waals surface area contributed by atoms with Crippen LogP contribution in [0.15, 0.2) is 0 Å². The number of unbranched alkanes of at least 4 members (excludes halogenated alkanes) is 1. The van der Waals surface area contributed by atoms with Crippen LogP contribution in [0.2, 0.25) is 0 Å². The molecule has 1 heteroatoms. The lowest BCUT2D eigenvalue weighted by Gasteiger charge is -2.24. The van der Waals surface area contributed by atoms with E-state index in [0.29, 0.717) is 0 Å². The zero-order valence-corrected chi connectivity index (χ0v) is 10.3. The van der Waals surface area contributed by atoms with Crippen LogP contribution in [0.4, 0.5) is 0 Å². The SMILES string of the molecule is CCCCN1CCCC1CCC(C)C. The monoisotopic (exact) mass is 197 g/mol. The van der Waals surface area contributed by atoms with Crippen LogP contribution < -0.4 is 0 Å². The normalized spacial score (nSPS) is 23.6. The Hall–Kier alpha value is -0.0400. The maximum absolute atomic E-state index is 2.73. The minimum Gasteiger partial charge on any atom is -0.300 e. The molecule has 0 aliphatic carbocycles. The molecule has 1 rings (SSSR count). The van der Waals surface area contributed by atoms with Crippen molar-refractivity contribution in [3.05, 3.63) is 0 Å². The molecule has 1 aliphatic heterocycles. The third kappa shape index (κ3) is 4.00. The van der Waals surface area contributed by atoms with E-state index in [1.807, 2.05) is 0 Å². The topological polar surface area (TPSA) is 3.24 Å². The molecule has 0 amide bonds. The zero-order chi connectivity index (χ0) is 10.4. The largest absolute Gasteiger partial charge is 0.300 e. The molecule has 0 N–H and O–H groups in total. The number of nitrogens with zero attached hydrogens (tertiary/aromatic N) is 1. The number of rotatable bonds is 6. The zero-order valence-electron chi connectivity index (χ0n) is 10.3. The highest BCUT2D eigenvalue weighted by Gasteiger charge is 2.23. The van der Waals surface area contributed by atoms with E-state index in [0.717, 1.165) is 12.0 Å². The maximum atomic E-state index is 2.73. The van der Waals surface area contributed by atoms with Crippen molar-refractivity contribution in [2.24, 2.45) is 5.92 Å². The smallest absolute Gasteiger partial charge is 0.00958 e. The van der Waals surface area contributed by atoms with Crippen molar-refractivity contribution >= 4 is 0 Å². The number of hydrogen-bond acceptors (Lipinski definition) is 1. The fraction of sp³-hybridized carbons (Fsp3) is 1.00. The predicted molar refractivity (Wildman–Crippen MR) is 63.6 cm³/mol. The van der Waals surface area contributed by atoms with E-state index in [1.54, 1.807) is 0 Å². The Morgan fingerprint density at radius 3 is 2.79 bits per heavy atom. The second-order valence-corrected chi connectivity index (χ2v) is 5.16. The molecule has 1 atom stereocenters. The van der Waals surface area contributed by atoms with E-state index in [-0.39, 0.29) is 0 Å². The van der Waals surface area contributed by atoms with Gasteiger partial charge in [0.25, 0.3) is 0 Å². The van der Waals surface area contributed by atoms with Crippen molar-refractivity contribution in [3.8, 4) is 0 Å². The standard InChI is InChI=1S/C13H27N/c1-4-5-10-14-11-6-7-13(14)9-8-12(2)3/h12-13H,4-11H2,1-3H3. The Balaban J connectivity index is 2.21. The van der Waals surface area contributed by atoms with Gasteiger partial charge < -0.3 is 4.90 Å². The molecule has 1 nitrogen and oxygen atoms in total. The molecule has 0 saturated carbocycles. The molecule has 1 heterocycles. The molecule has 0 radical (unpaired) electrons. The van der Waals surface area contributed by atoms with Gasteiger partial charge in [-0.25, -0.2) is 0 Å². The molecule has 0 aromatic carbocycles. The van der Waals surface area contributed by atoms with E-state index in [1.165, 1.54) is 51.6 Å². The molecule has 0 bridgehead atoms. The summed E-state index contributed by atoms with van der Waals surface area (Å²) < 4.78 is 0. The van der Waals surface area contributed by atoms with Crippen LogP contribution in [0.1, 0.15) is 59.3 Å². The lowest BCUT2D eigenvalue weighted by Crippen LogP contribution is -2.30. The Bertz CT molecular complexity index is 142.